The van der Waals surface area contributed by atoms with E-state index in [0.717, 1.165) is 31.2 Å². The third-order valence-corrected chi connectivity index (χ3v) is 5.49. The number of halogens is 3. The van der Waals surface area contributed by atoms with Crippen molar-refractivity contribution in [1.82, 2.24) is 9.97 Å². The van der Waals surface area contributed by atoms with E-state index in [1.165, 1.54) is 24.6 Å². The van der Waals surface area contributed by atoms with Crippen molar-refractivity contribution in [2.75, 3.05) is 29.6 Å². The summed E-state index contributed by atoms with van der Waals surface area (Å²) in [5, 5.41) is 5.35. The van der Waals surface area contributed by atoms with Crippen molar-refractivity contribution in [1.29, 1.82) is 0 Å². The molecule has 0 bridgehead atoms. The van der Waals surface area contributed by atoms with Crippen LogP contribution in [0.5, 0.6) is 0 Å². The van der Waals surface area contributed by atoms with Gasteiger partial charge in [-0.25, -0.2) is 9.97 Å². The highest BCUT2D eigenvalue weighted by Gasteiger charge is 2.25. The highest BCUT2D eigenvalue weighted by molar-refractivity contribution is 7.98. The second-order valence-corrected chi connectivity index (χ2v) is 8.38. The summed E-state index contributed by atoms with van der Waals surface area (Å²) in [6, 6.07) is 5.27. The van der Waals surface area contributed by atoms with Crippen LogP contribution in [0.3, 0.4) is 0 Å². The molecular weight excluding hydrogens is 411 g/mol. The molecule has 0 amide bonds. The molecule has 0 radical (unpaired) electrons. The Morgan fingerprint density at radius 1 is 1.15 bits per heavy atom. The van der Waals surface area contributed by atoms with E-state index in [0.29, 0.717) is 31.7 Å². The average molecular weight is 432 g/mol. The monoisotopic (exact) mass is 430 g/mol. The molecule has 1 heterocycles. The van der Waals surface area contributed by atoms with Crippen molar-refractivity contribution in [3.05, 3.63) is 33.3 Å². The van der Waals surface area contributed by atoms with Crippen LogP contribution < -0.4 is 10.2 Å². The van der Waals surface area contributed by atoms with Gasteiger partial charge in [-0.15, -0.1) is 0 Å². The quantitative estimate of drug-likeness (QED) is 0.380. The first-order valence-corrected chi connectivity index (χ1v) is 11.0. The van der Waals surface area contributed by atoms with Gasteiger partial charge in [0.2, 0.25) is 0 Å². The van der Waals surface area contributed by atoms with Crippen LogP contribution in [-0.4, -0.2) is 29.3 Å². The fraction of sp³-hybridized carbons (Fsp3) is 0.444. The molecule has 1 aromatic carbocycles. The minimum atomic E-state index is 0.455. The van der Waals surface area contributed by atoms with Crippen molar-refractivity contribution >= 4 is 63.9 Å². The lowest BCUT2D eigenvalue weighted by atomic mass is 10.3. The lowest BCUT2D eigenvalue weighted by Gasteiger charge is -2.24. The topological polar surface area (TPSA) is 41.0 Å². The molecule has 3 rings (SSSR count). The predicted octanol–water partition coefficient (Wildman–Crippen LogP) is 6.53. The second-order valence-electron chi connectivity index (χ2n) is 6.36. The summed E-state index contributed by atoms with van der Waals surface area (Å²) in [7, 11) is 0. The fourth-order valence-electron chi connectivity index (χ4n) is 2.70. The number of rotatable bonds is 8. The van der Waals surface area contributed by atoms with Crippen LogP contribution in [0.25, 0.3) is 0 Å². The number of benzene rings is 1. The average Bonchev–Trinajstić information content (AvgIpc) is 3.41. The Kier molecular flexibility index (Phi) is 6.78. The molecule has 2 aromatic rings. The minimum Gasteiger partial charge on any atom is -0.356 e. The molecule has 0 atom stereocenters. The maximum atomic E-state index is 6.30. The van der Waals surface area contributed by atoms with E-state index in [4.69, 9.17) is 39.8 Å². The Morgan fingerprint density at radius 2 is 1.85 bits per heavy atom. The third kappa shape index (κ3) is 5.10. The second kappa shape index (κ2) is 8.87. The van der Waals surface area contributed by atoms with E-state index in [2.05, 4.69) is 22.1 Å². The lowest BCUT2D eigenvalue weighted by molar-refractivity contribution is 0.693. The summed E-state index contributed by atoms with van der Waals surface area (Å²) in [5.74, 6) is 2.38. The number of anilines is 3. The molecule has 1 aliphatic rings. The molecule has 26 heavy (non-hydrogen) atoms. The summed E-state index contributed by atoms with van der Waals surface area (Å²) in [6.45, 7) is 4.20. The van der Waals surface area contributed by atoms with E-state index in [-0.39, 0.29) is 0 Å². The fourth-order valence-corrected chi connectivity index (χ4v) is 3.99. The van der Waals surface area contributed by atoms with Gasteiger partial charge in [-0.05, 0) is 43.6 Å². The lowest BCUT2D eigenvalue weighted by Crippen LogP contribution is -2.27. The van der Waals surface area contributed by atoms with Crippen LogP contribution >= 0.6 is 46.6 Å². The van der Waals surface area contributed by atoms with E-state index in [9.17, 15) is 0 Å². The Labute approximate surface area is 173 Å². The van der Waals surface area contributed by atoms with Gasteiger partial charge in [0.15, 0.2) is 5.16 Å². The number of nitrogens with one attached hydrogen (secondary N) is 1. The highest BCUT2D eigenvalue weighted by Crippen LogP contribution is 2.36. The highest BCUT2D eigenvalue weighted by atomic mass is 35.5. The predicted molar refractivity (Wildman–Crippen MR) is 114 cm³/mol. The van der Waals surface area contributed by atoms with Crippen LogP contribution in [-0.2, 0) is 0 Å². The molecule has 0 spiro atoms. The summed E-state index contributed by atoms with van der Waals surface area (Å²) in [6.07, 6.45) is 5.66. The number of nitrogens with zero attached hydrogens (tertiary/aromatic N) is 3. The van der Waals surface area contributed by atoms with Gasteiger partial charge >= 0.3 is 0 Å². The third-order valence-electron chi connectivity index (χ3n) is 4.13. The molecule has 4 nitrogen and oxygen atoms in total. The maximum Gasteiger partial charge on any atom is 0.191 e. The van der Waals surface area contributed by atoms with Crippen LogP contribution in [0.4, 0.5) is 17.3 Å². The molecule has 0 aliphatic heterocycles. The van der Waals surface area contributed by atoms with Crippen molar-refractivity contribution in [3.63, 3.8) is 0 Å². The van der Waals surface area contributed by atoms with Gasteiger partial charge < -0.3 is 10.2 Å². The molecule has 140 valence electrons. The SMILES string of the molecule is CCCN(CC1CC1)c1cc(Nc2c(Cl)cc(Cl)cc2Cl)nc(SC)n1. The van der Waals surface area contributed by atoms with Gasteiger partial charge in [-0.2, -0.15) is 0 Å². The van der Waals surface area contributed by atoms with Crippen LogP contribution in [0, 0.1) is 5.92 Å². The zero-order chi connectivity index (χ0) is 18.7. The molecule has 8 heteroatoms. The largest absolute Gasteiger partial charge is 0.356 e. The number of aromatic nitrogens is 2. The maximum absolute atomic E-state index is 6.30. The van der Waals surface area contributed by atoms with Crippen LogP contribution in [0.15, 0.2) is 23.4 Å². The van der Waals surface area contributed by atoms with E-state index < -0.39 is 0 Å². The zero-order valence-electron chi connectivity index (χ0n) is 14.7. The molecule has 0 saturated heterocycles. The summed E-state index contributed by atoms with van der Waals surface area (Å²) >= 11 is 20.1. The van der Waals surface area contributed by atoms with Crippen molar-refractivity contribution in [2.45, 2.75) is 31.3 Å². The number of hydrogen-bond donors (Lipinski definition) is 1. The Hall–Kier alpha value is -0.880. The van der Waals surface area contributed by atoms with Gasteiger partial charge in [0.1, 0.15) is 11.6 Å². The number of thioether (sulfide) groups is 1. The smallest absolute Gasteiger partial charge is 0.191 e. The van der Waals surface area contributed by atoms with Crippen LogP contribution in [0.2, 0.25) is 15.1 Å². The minimum absolute atomic E-state index is 0.455. The number of hydrogen-bond acceptors (Lipinski definition) is 5. The first-order chi connectivity index (χ1) is 12.5. The Bertz CT molecular complexity index is 760. The summed E-state index contributed by atoms with van der Waals surface area (Å²) < 4.78 is 0. The van der Waals surface area contributed by atoms with E-state index >= 15 is 0 Å². The summed E-state index contributed by atoms with van der Waals surface area (Å²) in [5.41, 5.74) is 0.596. The van der Waals surface area contributed by atoms with Gasteiger partial charge in [0.05, 0.1) is 15.7 Å². The Balaban J connectivity index is 1.92. The van der Waals surface area contributed by atoms with Crippen molar-refractivity contribution < 1.29 is 0 Å². The first-order valence-electron chi connectivity index (χ1n) is 8.59. The van der Waals surface area contributed by atoms with Crippen LogP contribution in [0.1, 0.15) is 26.2 Å². The Morgan fingerprint density at radius 3 is 2.42 bits per heavy atom. The van der Waals surface area contributed by atoms with Gasteiger partial charge in [0, 0.05) is 24.2 Å². The molecular formula is C18H21Cl3N4S. The van der Waals surface area contributed by atoms with Gasteiger partial charge in [0.25, 0.3) is 0 Å². The van der Waals surface area contributed by atoms with E-state index in [1.54, 1.807) is 12.1 Å². The van der Waals surface area contributed by atoms with Gasteiger partial charge in [-0.3, -0.25) is 0 Å². The molecule has 1 N–H and O–H groups in total. The zero-order valence-corrected chi connectivity index (χ0v) is 17.8. The summed E-state index contributed by atoms with van der Waals surface area (Å²) in [4.78, 5) is 11.6. The first kappa shape index (κ1) is 19.9. The molecule has 1 aliphatic carbocycles. The van der Waals surface area contributed by atoms with E-state index in [1.807, 2.05) is 12.3 Å². The normalized spacial score (nSPS) is 13.7. The standard InChI is InChI=1S/C18H21Cl3N4S/c1-3-6-25(10-11-4-5-11)16-9-15(23-18(24-16)26-2)22-17-13(20)7-12(19)8-14(17)21/h7-9,11H,3-6,10H2,1-2H3,(H,22,23,24). The van der Waals surface area contributed by atoms with Crippen molar-refractivity contribution in [2.24, 2.45) is 5.92 Å². The molecule has 0 unspecified atom stereocenters. The molecule has 1 aromatic heterocycles. The molecule has 1 fully saturated rings. The van der Waals surface area contributed by atoms with Crippen molar-refractivity contribution in [3.8, 4) is 0 Å². The van der Waals surface area contributed by atoms with Gasteiger partial charge in [-0.1, -0.05) is 53.5 Å². The molecule has 1 saturated carbocycles.